The fraction of sp³-hybridized carbons (Fsp3) is 0.700. The Morgan fingerprint density at radius 3 is 3.07 bits per heavy atom. The van der Waals surface area contributed by atoms with Crippen LogP contribution < -0.4 is 5.32 Å². The monoisotopic (exact) mass is 197 g/mol. The van der Waals surface area contributed by atoms with E-state index in [1.165, 1.54) is 0 Å². The fourth-order valence-electron chi connectivity index (χ4n) is 1.28. The summed E-state index contributed by atoms with van der Waals surface area (Å²) >= 11 is 0. The van der Waals surface area contributed by atoms with Gasteiger partial charge in [0.15, 0.2) is 0 Å². The SMILES string of the molecule is CCOC(C)CNCCn1cccn1. The number of hydrogen-bond acceptors (Lipinski definition) is 3. The molecular weight excluding hydrogens is 178 g/mol. The van der Waals surface area contributed by atoms with Crippen LogP contribution in [0.15, 0.2) is 18.5 Å². The van der Waals surface area contributed by atoms with Gasteiger partial charge in [0, 0.05) is 32.1 Å². The smallest absolute Gasteiger partial charge is 0.0671 e. The van der Waals surface area contributed by atoms with Gasteiger partial charge in [-0.15, -0.1) is 0 Å². The largest absolute Gasteiger partial charge is 0.377 e. The summed E-state index contributed by atoms with van der Waals surface area (Å²) < 4.78 is 7.31. The van der Waals surface area contributed by atoms with Gasteiger partial charge in [0.25, 0.3) is 0 Å². The second-order valence-electron chi connectivity index (χ2n) is 3.24. The first-order chi connectivity index (χ1) is 6.83. The Kier molecular flexibility index (Phi) is 5.25. The van der Waals surface area contributed by atoms with Crippen LogP contribution in [-0.4, -0.2) is 35.6 Å². The summed E-state index contributed by atoms with van der Waals surface area (Å²) in [6, 6.07) is 1.93. The first kappa shape index (κ1) is 11.2. The van der Waals surface area contributed by atoms with Crippen molar-refractivity contribution in [3.8, 4) is 0 Å². The molecular formula is C10H19N3O. The number of hydrogen-bond donors (Lipinski definition) is 1. The van der Waals surface area contributed by atoms with E-state index in [2.05, 4.69) is 17.3 Å². The third-order valence-corrected chi connectivity index (χ3v) is 1.96. The van der Waals surface area contributed by atoms with Crippen LogP contribution in [0, 0.1) is 0 Å². The highest BCUT2D eigenvalue weighted by Gasteiger charge is 1.98. The van der Waals surface area contributed by atoms with E-state index in [-0.39, 0.29) is 6.10 Å². The molecule has 4 nitrogen and oxygen atoms in total. The highest BCUT2D eigenvalue weighted by molar-refractivity contribution is 4.77. The van der Waals surface area contributed by atoms with Crippen LogP contribution in [0.3, 0.4) is 0 Å². The van der Waals surface area contributed by atoms with Crippen molar-refractivity contribution < 1.29 is 4.74 Å². The maximum atomic E-state index is 5.39. The maximum Gasteiger partial charge on any atom is 0.0671 e. The summed E-state index contributed by atoms with van der Waals surface area (Å²) in [6.45, 7) is 7.60. The molecule has 0 spiro atoms. The summed E-state index contributed by atoms with van der Waals surface area (Å²) in [6.07, 6.45) is 4.05. The lowest BCUT2D eigenvalue weighted by Crippen LogP contribution is -2.29. The van der Waals surface area contributed by atoms with Gasteiger partial charge in [-0.1, -0.05) is 0 Å². The Morgan fingerprint density at radius 2 is 2.43 bits per heavy atom. The normalized spacial score (nSPS) is 13.0. The lowest BCUT2D eigenvalue weighted by Gasteiger charge is -2.12. The minimum Gasteiger partial charge on any atom is -0.377 e. The minimum atomic E-state index is 0.289. The van der Waals surface area contributed by atoms with Crippen LogP contribution in [0.25, 0.3) is 0 Å². The molecule has 14 heavy (non-hydrogen) atoms. The van der Waals surface area contributed by atoms with E-state index in [1.807, 2.05) is 23.9 Å². The summed E-state index contributed by atoms with van der Waals surface area (Å²) in [5.74, 6) is 0. The molecule has 1 aromatic heterocycles. The molecule has 1 unspecified atom stereocenters. The second kappa shape index (κ2) is 6.56. The molecule has 0 aromatic carbocycles. The Balaban J connectivity index is 1.99. The predicted molar refractivity (Wildman–Crippen MR) is 56.2 cm³/mol. The van der Waals surface area contributed by atoms with E-state index in [4.69, 9.17) is 4.74 Å². The highest BCUT2D eigenvalue weighted by atomic mass is 16.5. The third kappa shape index (κ3) is 4.39. The zero-order chi connectivity index (χ0) is 10.2. The summed E-state index contributed by atoms with van der Waals surface area (Å²) in [7, 11) is 0. The standard InChI is InChI=1S/C10H19N3O/c1-3-14-10(2)9-11-6-8-13-7-4-5-12-13/h4-5,7,10-11H,3,6,8-9H2,1-2H3. The van der Waals surface area contributed by atoms with Gasteiger partial charge < -0.3 is 10.1 Å². The first-order valence-corrected chi connectivity index (χ1v) is 5.12. The molecule has 1 aromatic rings. The van der Waals surface area contributed by atoms with Crippen molar-refractivity contribution in [2.24, 2.45) is 0 Å². The van der Waals surface area contributed by atoms with Crippen molar-refractivity contribution in [2.75, 3.05) is 19.7 Å². The zero-order valence-electron chi connectivity index (χ0n) is 8.94. The predicted octanol–water partition coefficient (Wildman–Crippen LogP) is 0.898. The third-order valence-electron chi connectivity index (χ3n) is 1.96. The summed E-state index contributed by atoms with van der Waals surface area (Å²) in [5, 5.41) is 7.44. The Bertz CT molecular complexity index is 223. The van der Waals surface area contributed by atoms with Crippen LogP contribution in [-0.2, 0) is 11.3 Å². The molecule has 0 aliphatic rings. The molecule has 0 saturated heterocycles. The van der Waals surface area contributed by atoms with Gasteiger partial charge >= 0.3 is 0 Å². The molecule has 80 valence electrons. The first-order valence-electron chi connectivity index (χ1n) is 5.12. The molecule has 0 bridgehead atoms. The van der Waals surface area contributed by atoms with E-state index in [1.54, 1.807) is 6.20 Å². The van der Waals surface area contributed by atoms with Crippen molar-refractivity contribution in [3.63, 3.8) is 0 Å². The molecule has 0 fully saturated rings. The molecule has 0 radical (unpaired) electrons. The Labute approximate surface area is 85.3 Å². The Hall–Kier alpha value is -0.870. The average Bonchev–Trinajstić information content (AvgIpc) is 2.65. The van der Waals surface area contributed by atoms with Gasteiger partial charge in [-0.25, -0.2) is 0 Å². The van der Waals surface area contributed by atoms with Crippen molar-refractivity contribution in [3.05, 3.63) is 18.5 Å². The van der Waals surface area contributed by atoms with E-state index < -0.39 is 0 Å². The van der Waals surface area contributed by atoms with Crippen molar-refractivity contribution in [1.82, 2.24) is 15.1 Å². The molecule has 1 atom stereocenters. The van der Waals surface area contributed by atoms with Gasteiger partial charge in [0.2, 0.25) is 0 Å². The fourth-order valence-corrected chi connectivity index (χ4v) is 1.28. The summed E-state index contributed by atoms with van der Waals surface area (Å²) in [4.78, 5) is 0. The molecule has 1 rings (SSSR count). The van der Waals surface area contributed by atoms with E-state index >= 15 is 0 Å². The van der Waals surface area contributed by atoms with Crippen LogP contribution in [0.2, 0.25) is 0 Å². The number of nitrogens with one attached hydrogen (secondary N) is 1. The maximum absolute atomic E-state index is 5.39. The number of ether oxygens (including phenoxy) is 1. The van der Waals surface area contributed by atoms with Crippen molar-refractivity contribution in [2.45, 2.75) is 26.5 Å². The molecule has 4 heteroatoms. The van der Waals surface area contributed by atoms with Gasteiger partial charge in [0.05, 0.1) is 12.6 Å². The van der Waals surface area contributed by atoms with Crippen LogP contribution >= 0.6 is 0 Å². The molecule has 1 heterocycles. The highest BCUT2D eigenvalue weighted by Crippen LogP contribution is 1.87. The zero-order valence-corrected chi connectivity index (χ0v) is 8.94. The number of rotatable bonds is 7. The van der Waals surface area contributed by atoms with Crippen LogP contribution in [0.4, 0.5) is 0 Å². The Morgan fingerprint density at radius 1 is 1.57 bits per heavy atom. The minimum absolute atomic E-state index is 0.289. The quantitative estimate of drug-likeness (QED) is 0.660. The van der Waals surface area contributed by atoms with E-state index in [0.717, 1.165) is 26.2 Å². The van der Waals surface area contributed by atoms with E-state index in [0.29, 0.717) is 0 Å². The van der Waals surface area contributed by atoms with Gasteiger partial charge in [-0.2, -0.15) is 5.10 Å². The molecule has 1 N–H and O–H groups in total. The topological polar surface area (TPSA) is 39.1 Å². The lowest BCUT2D eigenvalue weighted by atomic mass is 10.4. The average molecular weight is 197 g/mol. The van der Waals surface area contributed by atoms with Gasteiger partial charge in [0.1, 0.15) is 0 Å². The summed E-state index contributed by atoms with van der Waals surface area (Å²) in [5.41, 5.74) is 0. The second-order valence-corrected chi connectivity index (χ2v) is 3.24. The van der Waals surface area contributed by atoms with Gasteiger partial charge in [-0.05, 0) is 19.9 Å². The van der Waals surface area contributed by atoms with Crippen molar-refractivity contribution >= 4 is 0 Å². The molecule has 0 aliphatic carbocycles. The lowest BCUT2D eigenvalue weighted by molar-refractivity contribution is 0.0761. The molecule has 0 saturated carbocycles. The molecule has 0 aliphatic heterocycles. The molecule has 0 amide bonds. The van der Waals surface area contributed by atoms with Crippen LogP contribution in [0.1, 0.15) is 13.8 Å². The van der Waals surface area contributed by atoms with Crippen LogP contribution in [0.5, 0.6) is 0 Å². The number of aromatic nitrogens is 2. The van der Waals surface area contributed by atoms with Gasteiger partial charge in [-0.3, -0.25) is 4.68 Å². The van der Waals surface area contributed by atoms with E-state index in [9.17, 15) is 0 Å². The van der Waals surface area contributed by atoms with Crippen molar-refractivity contribution in [1.29, 1.82) is 0 Å². The number of nitrogens with zero attached hydrogens (tertiary/aromatic N) is 2.